The Balaban J connectivity index is 0. The summed E-state index contributed by atoms with van der Waals surface area (Å²) in [7, 11) is 1.62. The average molecular weight is 215 g/mol. The Morgan fingerprint density at radius 1 is 1.53 bits per heavy atom. The van der Waals surface area contributed by atoms with Gasteiger partial charge in [0.2, 0.25) is 0 Å². The third kappa shape index (κ3) is 6.25. The lowest BCUT2D eigenvalue weighted by atomic mass is 10.1. The summed E-state index contributed by atoms with van der Waals surface area (Å²) >= 11 is 0. The number of nitrogens with one attached hydrogen (secondary N) is 2. The molecule has 0 spiro atoms. The molecule has 0 bridgehead atoms. The van der Waals surface area contributed by atoms with Gasteiger partial charge in [0.1, 0.15) is 0 Å². The molecule has 0 saturated carbocycles. The zero-order chi connectivity index (χ0) is 12.3. The van der Waals surface area contributed by atoms with E-state index in [0.29, 0.717) is 5.57 Å². The number of rotatable bonds is 6. The maximum atomic E-state index is 7.14. The lowest BCUT2D eigenvalue weighted by molar-refractivity contribution is 0.107. The summed E-state index contributed by atoms with van der Waals surface area (Å²) in [4.78, 5) is 0. The second-order valence-corrected chi connectivity index (χ2v) is 2.81. The van der Waals surface area contributed by atoms with Crippen molar-refractivity contribution in [2.45, 2.75) is 39.8 Å². The van der Waals surface area contributed by atoms with Gasteiger partial charge in [-0.15, -0.1) is 0 Å². The van der Waals surface area contributed by atoms with Crippen LogP contribution >= 0.6 is 0 Å². The predicted molar refractivity (Wildman–Crippen MR) is 66.3 cm³/mol. The van der Waals surface area contributed by atoms with Crippen molar-refractivity contribution in [3.8, 4) is 0 Å². The first kappa shape index (κ1) is 16.6. The number of likely N-dealkylation sites (N-methyl/N-ethyl adjacent to an activating group) is 1. The normalized spacial score (nSPS) is 14.9. The standard InChI is InChI=1S/C9H19N3O.C2H6/c1-4-12-7(2)9(13-3)8(5-10)6-11;1-2/h5-7,9-10,12H,4,11H2,1-3H3;1-2H3/b8-6+,10-5?;. The Labute approximate surface area is 93.4 Å². The molecule has 0 aromatic carbocycles. The third-order valence-corrected chi connectivity index (χ3v) is 1.92. The summed E-state index contributed by atoms with van der Waals surface area (Å²) in [5.41, 5.74) is 6.06. The van der Waals surface area contributed by atoms with Crippen molar-refractivity contribution in [3.63, 3.8) is 0 Å². The molecule has 4 heteroatoms. The summed E-state index contributed by atoms with van der Waals surface area (Å²) in [6, 6.07) is 0.159. The molecule has 0 amide bonds. The van der Waals surface area contributed by atoms with Gasteiger partial charge in [0.15, 0.2) is 0 Å². The first-order valence-corrected chi connectivity index (χ1v) is 5.39. The van der Waals surface area contributed by atoms with E-state index in [2.05, 4.69) is 5.32 Å². The Morgan fingerprint density at radius 3 is 2.33 bits per heavy atom. The molecule has 90 valence electrons. The van der Waals surface area contributed by atoms with Crippen molar-refractivity contribution in [2.75, 3.05) is 13.7 Å². The minimum atomic E-state index is -0.151. The largest absolute Gasteiger partial charge is 0.404 e. The molecule has 4 nitrogen and oxygen atoms in total. The first-order valence-electron chi connectivity index (χ1n) is 5.39. The maximum absolute atomic E-state index is 7.14. The van der Waals surface area contributed by atoms with Crippen molar-refractivity contribution < 1.29 is 4.74 Å². The second kappa shape index (κ2) is 11.2. The summed E-state index contributed by atoms with van der Waals surface area (Å²) in [6.45, 7) is 8.90. The average Bonchev–Trinajstić information content (AvgIpc) is 2.28. The van der Waals surface area contributed by atoms with Crippen LogP contribution in [0.2, 0.25) is 0 Å². The SMILES string of the molecule is CC.CCNC(C)C(OC)/C(C=N)=C/N. The number of hydrogen-bond acceptors (Lipinski definition) is 4. The van der Waals surface area contributed by atoms with Crippen molar-refractivity contribution in [1.29, 1.82) is 5.41 Å². The van der Waals surface area contributed by atoms with Crippen LogP contribution in [0.25, 0.3) is 0 Å². The fourth-order valence-electron chi connectivity index (χ4n) is 1.28. The fraction of sp³-hybridized carbons (Fsp3) is 0.727. The number of hydrogen-bond donors (Lipinski definition) is 3. The Bertz CT molecular complexity index is 181. The van der Waals surface area contributed by atoms with Gasteiger partial charge >= 0.3 is 0 Å². The van der Waals surface area contributed by atoms with Crippen LogP contribution < -0.4 is 11.1 Å². The third-order valence-electron chi connectivity index (χ3n) is 1.92. The predicted octanol–water partition coefficient (Wildman–Crippen LogP) is 1.52. The van der Waals surface area contributed by atoms with Gasteiger partial charge in [0.25, 0.3) is 0 Å². The number of methoxy groups -OCH3 is 1. The first-order chi connectivity index (χ1) is 7.21. The summed E-state index contributed by atoms with van der Waals surface area (Å²) in [5, 5.41) is 10.4. The van der Waals surface area contributed by atoms with Crippen LogP contribution in [0.15, 0.2) is 11.8 Å². The molecule has 0 aliphatic rings. The molecule has 0 fully saturated rings. The van der Waals surface area contributed by atoms with Crippen molar-refractivity contribution in [1.82, 2.24) is 5.32 Å². The van der Waals surface area contributed by atoms with Gasteiger partial charge in [-0.3, -0.25) is 0 Å². The van der Waals surface area contributed by atoms with Crippen LogP contribution in [0.4, 0.5) is 0 Å². The Kier molecular flexibility index (Phi) is 12.4. The zero-order valence-electron chi connectivity index (χ0n) is 10.5. The summed E-state index contributed by atoms with van der Waals surface area (Å²) in [5.74, 6) is 0. The summed E-state index contributed by atoms with van der Waals surface area (Å²) < 4.78 is 5.25. The molecule has 0 heterocycles. The smallest absolute Gasteiger partial charge is 0.0999 e. The van der Waals surface area contributed by atoms with Crippen LogP contribution in [0, 0.1) is 5.41 Å². The molecule has 4 N–H and O–H groups in total. The molecule has 0 saturated heterocycles. The lowest BCUT2D eigenvalue weighted by Gasteiger charge is -2.23. The van der Waals surface area contributed by atoms with Crippen LogP contribution in [-0.2, 0) is 4.74 Å². The quantitative estimate of drug-likeness (QED) is 0.588. The molecule has 0 aromatic heterocycles. The van der Waals surface area contributed by atoms with E-state index in [1.165, 1.54) is 12.4 Å². The molecule has 0 aromatic rings. The van der Waals surface area contributed by atoms with E-state index in [9.17, 15) is 0 Å². The van der Waals surface area contributed by atoms with Crippen LogP contribution in [0.3, 0.4) is 0 Å². The molecule has 0 aliphatic heterocycles. The minimum absolute atomic E-state index is 0.151. The van der Waals surface area contributed by atoms with E-state index >= 15 is 0 Å². The van der Waals surface area contributed by atoms with E-state index in [4.69, 9.17) is 15.9 Å². The second-order valence-electron chi connectivity index (χ2n) is 2.81. The van der Waals surface area contributed by atoms with E-state index in [1.54, 1.807) is 7.11 Å². The molecular formula is C11H25N3O. The van der Waals surface area contributed by atoms with Gasteiger partial charge in [0, 0.05) is 31.1 Å². The van der Waals surface area contributed by atoms with Crippen LogP contribution in [0.1, 0.15) is 27.7 Å². The summed E-state index contributed by atoms with van der Waals surface area (Å²) in [6.07, 6.45) is 2.49. The lowest BCUT2D eigenvalue weighted by Crippen LogP contribution is -2.40. The monoisotopic (exact) mass is 215 g/mol. The molecule has 0 rings (SSSR count). The van der Waals surface area contributed by atoms with E-state index in [0.717, 1.165) is 6.54 Å². The van der Waals surface area contributed by atoms with E-state index < -0.39 is 0 Å². The van der Waals surface area contributed by atoms with Crippen LogP contribution in [-0.4, -0.2) is 32.0 Å². The van der Waals surface area contributed by atoms with Gasteiger partial charge in [-0.1, -0.05) is 20.8 Å². The molecule has 2 unspecified atom stereocenters. The van der Waals surface area contributed by atoms with E-state index in [-0.39, 0.29) is 12.1 Å². The highest BCUT2D eigenvalue weighted by molar-refractivity contribution is 5.77. The number of ether oxygens (including phenoxy) is 1. The van der Waals surface area contributed by atoms with Gasteiger partial charge in [-0.2, -0.15) is 0 Å². The molecule has 0 aliphatic carbocycles. The fourth-order valence-corrected chi connectivity index (χ4v) is 1.28. The van der Waals surface area contributed by atoms with E-state index in [1.807, 2.05) is 27.7 Å². The Hall–Kier alpha value is -0.870. The molecule has 0 radical (unpaired) electrons. The highest BCUT2D eigenvalue weighted by Gasteiger charge is 2.18. The van der Waals surface area contributed by atoms with Crippen LogP contribution in [0.5, 0.6) is 0 Å². The van der Waals surface area contributed by atoms with Crippen molar-refractivity contribution >= 4 is 6.21 Å². The van der Waals surface area contributed by atoms with Gasteiger partial charge < -0.3 is 21.2 Å². The van der Waals surface area contributed by atoms with Gasteiger partial charge in [-0.25, -0.2) is 0 Å². The highest BCUT2D eigenvalue weighted by Crippen LogP contribution is 2.07. The Morgan fingerprint density at radius 2 is 2.07 bits per heavy atom. The molecular weight excluding hydrogens is 190 g/mol. The highest BCUT2D eigenvalue weighted by atomic mass is 16.5. The molecule has 2 atom stereocenters. The van der Waals surface area contributed by atoms with Crippen molar-refractivity contribution in [2.24, 2.45) is 5.73 Å². The number of nitrogens with two attached hydrogens (primary N) is 1. The van der Waals surface area contributed by atoms with Gasteiger partial charge in [-0.05, 0) is 13.5 Å². The van der Waals surface area contributed by atoms with Crippen molar-refractivity contribution in [3.05, 3.63) is 11.8 Å². The van der Waals surface area contributed by atoms with Gasteiger partial charge in [0.05, 0.1) is 6.10 Å². The minimum Gasteiger partial charge on any atom is -0.404 e. The topological polar surface area (TPSA) is 71.1 Å². The maximum Gasteiger partial charge on any atom is 0.0999 e. The zero-order valence-corrected chi connectivity index (χ0v) is 10.5. The molecule has 15 heavy (non-hydrogen) atoms.